The van der Waals surface area contributed by atoms with E-state index in [1.54, 1.807) is 7.11 Å². The van der Waals surface area contributed by atoms with E-state index in [1.807, 2.05) is 18.7 Å². The van der Waals surface area contributed by atoms with E-state index in [1.165, 1.54) is 0 Å². The van der Waals surface area contributed by atoms with Crippen molar-refractivity contribution in [3.63, 3.8) is 0 Å². The van der Waals surface area contributed by atoms with Crippen LogP contribution in [0.25, 0.3) is 0 Å². The zero-order valence-electron chi connectivity index (χ0n) is 12.3. The number of ether oxygens (including phenoxy) is 1. The van der Waals surface area contributed by atoms with Gasteiger partial charge in [-0.3, -0.25) is 9.69 Å². The van der Waals surface area contributed by atoms with E-state index in [0.29, 0.717) is 19.6 Å². The molecule has 1 amide bonds. The molecule has 0 spiro atoms. The molecule has 0 saturated heterocycles. The van der Waals surface area contributed by atoms with Crippen LogP contribution in [-0.4, -0.2) is 68.2 Å². The molecule has 1 unspecified atom stereocenters. The molecule has 1 atom stereocenters. The van der Waals surface area contributed by atoms with E-state index in [-0.39, 0.29) is 11.9 Å². The van der Waals surface area contributed by atoms with E-state index in [2.05, 4.69) is 11.8 Å². The Hall–Kier alpha value is -0.650. The normalized spacial score (nSPS) is 12.8. The number of nitrogens with two attached hydrogens (primary N) is 1. The number of carbonyl (C=O) groups excluding carboxylic acids is 1. The molecule has 0 aliphatic heterocycles. The average molecular weight is 259 g/mol. The first-order chi connectivity index (χ1) is 8.64. The topological polar surface area (TPSA) is 58.8 Å². The number of amides is 1. The molecule has 0 aromatic rings. The van der Waals surface area contributed by atoms with Crippen LogP contribution in [0.1, 0.15) is 27.2 Å². The Morgan fingerprint density at radius 1 is 1.22 bits per heavy atom. The van der Waals surface area contributed by atoms with Gasteiger partial charge in [-0.05, 0) is 20.4 Å². The fourth-order valence-electron chi connectivity index (χ4n) is 2.08. The van der Waals surface area contributed by atoms with Gasteiger partial charge in [-0.15, -0.1) is 0 Å². The molecular formula is C13H29N3O2. The second kappa shape index (κ2) is 10.3. The maximum atomic E-state index is 12.1. The molecule has 5 nitrogen and oxygen atoms in total. The van der Waals surface area contributed by atoms with Gasteiger partial charge in [0.1, 0.15) is 0 Å². The molecule has 0 aromatic heterocycles. The number of nitrogens with zero attached hydrogens (tertiary/aromatic N) is 2. The van der Waals surface area contributed by atoms with Gasteiger partial charge in [0, 0.05) is 45.8 Å². The van der Waals surface area contributed by atoms with Crippen molar-refractivity contribution >= 4 is 5.91 Å². The van der Waals surface area contributed by atoms with E-state index in [9.17, 15) is 4.79 Å². The number of rotatable bonds is 10. The van der Waals surface area contributed by atoms with Crippen molar-refractivity contribution in [2.75, 3.05) is 46.4 Å². The Morgan fingerprint density at radius 2 is 1.83 bits per heavy atom. The predicted octanol–water partition coefficient (Wildman–Crippen LogP) is 0.541. The molecule has 0 bridgehead atoms. The molecule has 0 rings (SSSR count). The van der Waals surface area contributed by atoms with E-state index < -0.39 is 0 Å². The first kappa shape index (κ1) is 17.4. The molecule has 0 heterocycles. The number of carbonyl (C=O) groups is 1. The molecule has 2 N–H and O–H groups in total. The smallest absolute Gasteiger partial charge is 0.224 e. The third-order valence-electron chi connectivity index (χ3n) is 3.30. The van der Waals surface area contributed by atoms with Gasteiger partial charge in [0.05, 0.1) is 6.61 Å². The maximum absolute atomic E-state index is 12.1. The SMILES string of the molecule is CCN(CC)C(=O)CC(CN)N(CC)CCOC. The van der Waals surface area contributed by atoms with Crippen LogP contribution in [0.3, 0.4) is 0 Å². The summed E-state index contributed by atoms with van der Waals surface area (Å²) < 4.78 is 5.09. The van der Waals surface area contributed by atoms with Gasteiger partial charge < -0.3 is 15.4 Å². The van der Waals surface area contributed by atoms with Crippen molar-refractivity contribution < 1.29 is 9.53 Å². The second-order valence-corrected chi connectivity index (χ2v) is 4.28. The third-order valence-corrected chi connectivity index (χ3v) is 3.30. The molecular weight excluding hydrogens is 230 g/mol. The van der Waals surface area contributed by atoms with Crippen LogP contribution in [-0.2, 0) is 9.53 Å². The highest BCUT2D eigenvalue weighted by Gasteiger charge is 2.21. The number of likely N-dealkylation sites (N-methyl/N-ethyl adjacent to an activating group) is 1. The Balaban J connectivity index is 4.41. The lowest BCUT2D eigenvalue weighted by molar-refractivity contribution is -0.132. The maximum Gasteiger partial charge on any atom is 0.224 e. The molecule has 0 aliphatic rings. The molecule has 108 valence electrons. The minimum atomic E-state index is 0.109. The predicted molar refractivity (Wildman–Crippen MR) is 74.5 cm³/mol. The monoisotopic (exact) mass is 259 g/mol. The van der Waals surface area contributed by atoms with Crippen LogP contribution in [0.4, 0.5) is 0 Å². The third kappa shape index (κ3) is 5.80. The summed E-state index contributed by atoms with van der Waals surface area (Å²) in [6, 6.07) is 0.109. The molecule has 0 aliphatic carbocycles. The molecule has 0 saturated carbocycles. The Bertz CT molecular complexity index is 220. The summed E-state index contributed by atoms with van der Waals surface area (Å²) in [5.41, 5.74) is 5.80. The molecule has 5 heteroatoms. The highest BCUT2D eigenvalue weighted by Crippen LogP contribution is 2.06. The zero-order valence-corrected chi connectivity index (χ0v) is 12.3. The summed E-state index contributed by atoms with van der Waals surface area (Å²) in [5, 5.41) is 0. The lowest BCUT2D eigenvalue weighted by atomic mass is 10.1. The quantitative estimate of drug-likeness (QED) is 0.622. The fraction of sp³-hybridized carbons (Fsp3) is 0.923. The first-order valence-electron chi connectivity index (χ1n) is 6.85. The van der Waals surface area contributed by atoms with Gasteiger partial charge in [0.25, 0.3) is 0 Å². The van der Waals surface area contributed by atoms with E-state index in [0.717, 1.165) is 26.2 Å². The van der Waals surface area contributed by atoms with Crippen molar-refractivity contribution in [1.82, 2.24) is 9.80 Å². The number of methoxy groups -OCH3 is 1. The lowest BCUT2D eigenvalue weighted by Gasteiger charge is -2.30. The van der Waals surface area contributed by atoms with Crippen LogP contribution in [0.2, 0.25) is 0 Å². The standard InChI is InChI=1S/C13H29N3O2/c1-5-15(6-2)13(17)10-12(11-14)16(7-3)8-9-18-4/h12H,5-11,14H2,1-4H3. The summed E-state index contributed by atoms with van der Waals surface area (Å²) in [6.45, 7) is 10.5. The summed E-state index contributed by atoms with van der Waals surface area (Å²) in [4.78, 5) is 16.1. The highest BCUT2D eigenvalue weighted by molar-refractivity contribution is 5.76. The van der Waals surface area contributed by atoms with Crippen molar-refractivity contribution in [2.45, 2.75) is 33.2 Å². The van der Waals surface area contributed by atoms with Crippen LogP contribution in [0, 0.1) is 0 Å². The molecule has 0 radical (unpaired) electrons. The lowest BCUT2D eigenvalue weighted by Crippen LogP contribution is -2.46. The van der Waals surface area contributed by atoms with Gasteiger partial charge in [0.2, 0.25) is 5.91 Å². The van der Waals surface area contributed by atoms with Crippen LogP contribution in [0.15, 0.2) is 0 Å². The van der Waals surface area contributed by atoms with Crippen molar-refractivity contribution in [1.29, 1.82) is 0 Å². The van der Waals surface area contributed by atoms with Gasteiger partial charge >= 0.3 is 0 Å². The van der Waals surface area contributed by atoms with Crippen LogP contribution >= 0.6 is 0 Å². The summed E-state index contributed by atoms with van der Waals surface area (Å²) in [5.74, 6) is 0.186. The number of hydrogen-bond acceptors (Lipinski definition) is 4. The van der Waals surface area contributed by atoms with E-state index in [4.69, 9.17) is 10.5 Å². The average Bonchev–Trinajstić information content (AvgIpc) is 2.39. The van der Waals surface area contributed by atoms with Gasteiger partial charge in [-0.25, -0.2) is 0 Å². The Kier molecular flexibility index (Phi) is 9.92. The molecule has 0 fully saturated rings. The Morgan fingerprint density at radius 3 is 2.22 bits per heavy atom. The minimum Gasteiger partial charge on any atom is -0.383 e. The van der Waals surface area contributed by atoms with Crippen molar-refractivity contribution in [2.24, 2.45) is 5.73 Å². The van der Waals surface area contributed by atoms with Gasteiger partial charge in [-0.1, -0.05) is 6.92 Å². The van der Waals surface area contributed by atoms with Crippen molar-refractivity contribution in [3.8, 4) is 0 Å². The van der Waals surface area contributed by atoms with Gasteiger partial charge in [-0.2, -0.15) is 0 Å². The molecule has 0 aromatic carbocycles. The summed E-state index contributed by atoms with van der Waals surface area (Å²) in [7, 11) is 1.69. The summed E-state index contributed by atoms with van der Waals surface area (Å²) >= 11 is 0. The minimum absolute atomic E-state index is 0.109. The first-order valence-corrected chi connectivity index (χ1v) is 6.85. The second-order valence-electron chi connectivity index (χ2n) is 4.28. The molecule has 18 heavy (non-hydrogen) atoms. The zero-order chi connectivity index (χ0) is 14.0. The fourth-order valence-corrected chi connectivity index (χ4v) is 2.08. The highest BCUT2D eigenvalue weighted by atomic mass is 16.5. The summed E-state index contributed by atoms with van der Waals surface area (Å²) in [6.07, 6.45) is 0.496. The van der Waals surface area contributed by atoms with E-state index >= 15 is 0 Å². The van der Waals surface area contributed by atoms with Crippen LogP contribution < -0.4 is 5.73 Å². The largest absolute Gasteiger partial charge is 0.383 e. The number of hydrogen-bond donors (Lipinski definition) is 1. The van der Waals surface area contributed by atoms with Crippen LogP contribution in [0.5, 0.6) is 0 Å². The van der Waals surface area contributed by atoms with Gasteiger partial charge in [0.15, 0.2) is 0 Å². The van der Waals surface area contributed by atoms with Crippen molar-refractivity contribution in [3.05, 3.63) is 0 Å². The Labute approximate surface area is 111 Å².